The minimum atomic E-state index is -0.945. The van der Waals surface area contributed by atoms with Crippen LogP contribution in [-0.4, -0.2) is 22.8 Å². The first-order valence-corrected chi connectivity index (χ1v) is 6.69. The number of hydrogen-bond acceptors (Lipinski definition) is 4. The van der Waals surface area contributed by atoms with Crippen LogP contribution in [0.3, 0.4) is 0 Å². The molecule has 6 heteroatoms. The summed E-state index contributed by atoms with van der Waals surface area (Å²) >= 11 is 6.22. The summed E-state index contributed by atoms with van der Waals surface area (Å²) < 4.78 is 4.87. The van der Waals surface area contributed by atoms with E-state index in [0.717, 1.165) is 11.3 Å². The van der Waals surface area contributed by atoms with Gasteiger partial charge in [-0.3, -0.25) is 4.98 Å². The van der Waals surface area contributed by atoms with Crippen molar-refractivity contribution in [3.63, 3.8) is 0 Å². The molecule has 0 aliphatic rings. The molecular formula is C15H15ClN2O3. The minimum Gasteiger partial charge on any atom is -0.439 e. The average Bonchev–Trinajstić information content (AvgIpc) is 2.46. The zero-order chi connectivity index (χ0) is 15.4. The Morgan fingerprint density at radius 3 is 2.86 bits per heavy atom. The average molecular weight is 307 g/mol. The summed E-state index contributed by atoms with van der Waals surface area (Å²) in [6, 6.07) is 8.85. The van der Waals surface area contributed by atoms with Crippen molar-refractivity contribution in [3.05, 3.63) is 52.7 Å². The van der Waals surface area contributed by atoms with Gasteiger partial charge in [0.25, 0.3) is 0 Å². The number of primary amides is 1. The Hall–Kier alpha value is -2.11. The predicted octanol–water partition coefficient (Wildman–Crippen LogP) is 2.84. The normalized spacial score (nSPS) is 12.0. The fourth-order valence-corrected chi connectivity index (χ4v) is 2.25. The number of aliphatic hydroxyl groups excluding tert-OH is 1. The van der Waals surface area contributed by atoms with Gasteiger partial charge in [0.15, 0.2) is 6.10 Å². The molecule has 1 heterocycles. The number of benzene rings is 1. The summed E-state index contributed by atoms with van der Waals surface area (Å²) in [6.45, 7) is 1.56. The van der Waals surface area contributed by atoms with E-state index in [9.17, 15) is 9.90 Å². The SMILES string of the molecule is Cc1cccnc1-c1cc(C(CO)OC(N)=O)ccc1Cl. The molecule has 1 unspecified atom stereocenters. The fourth-order valence-electron chi connectivity index (χ4n) is 2.04. The highest BCUT2D eigenvalue weighted by atomic mass is 35.5. The molecule has 0 aliphatic carbocycles. The molecule has 1 amide bonds. The van der Waals surface area contributed by atoms with Crippen LogP contribution in [0.25, 0.3) is 11.3 Å². The summed E-state index contributed by atoms with van der Waals surface area (Å²) in [5.74, 6) is 0. The second kappa shape index (κ2) is 6.56. The van der Waals surface area contributed by atoms with Gasteiger partial charge >= 0.3 is 6.09 Å². The zero-order valence-electron chi connectivity index (χ0n) is 11.4. The van der Waals surface area contributed by atoms with Crippen LogP contribution in [0.2, 0.25) is 5.02 Å². The monoisotopic (exact) mass is 306 g/mol. The molecule has 110 valence electrons. The topological polar surface area (TPSA) is 85.4 Å². The van der Waals surface area contributed by atoms with E-state index in [0.29, 0.717) is 16.1 Å². The molecular weight excluding hydrogens is 292 g/mol. The van der Waals surface area contributed by atoms with Crippen LogP contribution in [0, 0.1) is 6.92 Å². The third-order valence-corrected chi connectivity index (χ3v) is 3.38. The Morgan fingerprint density at radius 2 is 2.24 bits per heavy atom. The lowest BCUT2D eigenvalue weighted by atomic mass is 10.0. The molecule has 0 saturated carbocycles. The van der Waals surface area contributed by atoms with Crippen molar-refractivity contribution >= 4 is 17.7 Å². The summed E-state index contributed by atoms with van der Waals surface area (Å²) in [6.07, 6.45) is -0.100. The number of pyridine rings is 1. The Kier molecular flexibility index (Phi) is 4.77. The number of aromatic nitrogens is 1. The van der Waals surface area contributed by atoms with Gasteiger partial charge in [-0.05, 0) is 36.2 Å². The second-order valence-electron chi connectivity index (χ2n) is 4.52. The second-order valence-corrected chi connectivity index (χ2v) is 4.92. The van der Waals surface area contributed by atoms with E-state index in [1.54, 1.807) is 24.4 Å². The summed E-state index contributed by atoms with van der Waals surface area (Å²) in [4.78, 5) is 15.2. The summed E-state index contributed by atoms with van der Waals surface area (Å²) in [7, 11) is 0. The standard InChI is InChI=1S/C15H15ClN2O3/c1-9-3-2-6-18-14(9)11-7-10(4-5-12(11)16)13(8-19)21-15(17)20/h2-7,13,19H,8H2,1H3,(H2,17,20). The zero-order valence-corrected chi connectivity index (χ0v) is 12.2. The maximum absolute atomic E-state index is 10.9. The van der Waals surface area contributed by atoms with Crippen LogP contribution >= 0.6 is 11.6 Å². The van der Waals surface area contributed by atoms with E-state index in [-0.39, 0.29) is 6.61 Å². The smallest absolute Gasteiger partial charge is 0.405 e. The number of nitrogens with two attached hydrogens (primary N) is 1. The van der Waals surface area contributed by atoms with E-state index < -0.39 is 12.2 Å². The molecule has 1 aromatic heterocycles. The van der Waals surface area contributed by atoms with Gasteiger partial charge in [-0.15, -0.1) is 0 Å². The van der Waals surface area contributed by atoms with E-state index in [2.05, 4.69) is 4.98 Å². The summed E-state index contributed by atoms with van der Waals surface area (Å²) in [5, 5.41) is 9.86. The number of aryl methyl sites for hydroxylation is 1. The molecule has 0 bridgehead atoms. The van der Waals surface area contributed by atoms with Crippen molar-refractivity contribution in [3.8, 4) is 11.3 Å². The van der Waals surface area contributed by atoms with Gasteiger partial charge < -0.3 is 15.6 Å². The van der Waals surface area contributed by atoms with Crippen molar-refractivity contribution in [2.24, 2.45) is 5.73 Å². The third-order valence-electron chi connectivity index (χ3n) is 3.05. The van der Waals surface area contributed by atoms with Gasteiger partial charge in [0.2, 0.25) is 0 Å². The number of ether oxygens (including phenoxy) is 1. The number of aliphatic hydroxyl groups is 1. The quantitative estimate of drug-likeness (QED) is 0.909. The molecule has 0 spiro atoms. The molecule has 2 aromatic rings. The maximum Gasteiger partial charge on any atom is 0.405 e. The number of carbonyl (C=O) groups excluding carboxylic acids is 1. The van der Waals surface area contributed by atoms with Crippen LogP contribution in [0.5, 0.6) is 0 Å². The lowest BCUT2D eigenvalue weighted by Gasteiger charge is -2.16. The number of carbonyl (C=O) groups is 1. The first-order chi connectivity index (χ1) is 10.0. The molecule has 0 fully saturated rings. The number of halogens is 1. The molecule has 1 atom stereocenters. The van der Waals surface area contributed by atoms with Crippen LogP contribution in [-0.2, 0) is 4.74 Å². The van der Waals surface area contributed by atoms with E-state index in [1.807, 2.05) is 19.1 Å². The molecule has 3 N–H and O–H groups in total. The van der Waals surface area contributed by atoms with Crippen molar-refractivity contribution in [1.82, 2.24) is 4.98 Å². The van der Waals surface area contributed by atoms with Gasteiger partial charge in [0.1, 0.15) is 0 Å². The number of nitrogens with zero attached hydrogens (tertiary/aromatic N) is 1. The molecule has 0 saturated heterocycles. The Morgan fingerprint density at radius 1 is 1.48 bits per heavy atom. The Bertz CT molecular complexity index is 661. The lowest BCUT2D eigenvalue weighted by Crippen LogP contribution is -2.19. The summed E-state index contributed by atoms with van der Waals surface area (Å²) in [5.41, 5.74) is 8.01. The Labute approximate surface area is 127 Å². The highest BCUT2D eigenvalue weighted by Gasteiger charge is 2.17. The van der Waals surface area contributed by atoms with Crippen LogP contribution < -0.4 is 5.73 Å². The number of amides is 1. The van der Waals surface area contributed by atoms with Gasteiger partial charge in [-0.2, -0.15) is 0 Å². The van der Waals surface area contributed by atoms with E-state index in [1.165, 1.54) is 0 Å². The van der Waals surface area contributed by atoms with Crippen LogP contribution in [0.15, 0.2) is 36.5 Å². The number of rotatable bonds is 4. The molecule has 0 radical (unpaired) electrons. The minimum absolute atomic E-state index is 0.370. The van der Waals surface area contributed by atoms with Crippen molar-refractivity contribution in [2.45, 2.75) is 13.0 Å². The highest BCUT2D eigenvalue weighted by molar-refractivity contribution is 6.33. The van der Waals surface area contributed by atoms with E-state index in [4.69, 9.17) is 22.1 Å². The third kappa shape index (κ3) is 3.51. The highest BCUT2D eigenvalue weighted by Crippen LogP contribution is 2.31. The van der Waals surface area contributed by atoms with Gasteiger partial charge in [0, 0.05) is 16.8 Å². The van der Waals surface area contributed by atoms with Crippen molar-refractivity contribution in [2.75, 3.05) is 6.61 Å². The van der Waals surface area contributed by atoms with Crippen molar-refractivity contribution in [1.29, 1.82) is 0 Å². The van der Waals surface area contributed by atoms with Gasteiger partial charge in [-0.1, -0.05) is 23.7 Å². The molecule has 21 heavy (non-hydrogen) atoms. The first kappa shape index (κ1) is 15.3. The number of hydrogen-bond donors (Lipinski definition) is 2. The van der Waals surface area contributed by atoms with Crippen LogP contribution in [0.4, 0.5) is 4.79 Å². The van der Waals surface area contributed by atoms with Gasteiger partial charge in [-0.25, -0.2) is 4.79 Å². The van der Waals surface area contributed by atoms with E-state index >= 15 is 0 Å². The first-order valence-electron chi connectivity index (χ1n) is 6.31. The molecule has 2 rings (SSSR count). The maximum atomic E-state index is 10.9. The molecule has 5 nitrogen and oxygen atoms in total. The van der Waals surface area contributed by atoms with Crippen molar-refractivity contribution < 1.29 is 14.6 Å². The fraction of sp³-hybridized carbons (Fsp3) is 0.200. The molecule has 1 aromatic carbocycles. The molecule has 0 aliphatic heterocycles. The van der Waals surface area contributed by atoms with Crippen LogP contribution in [0.1, 0.15) is 17.2 Å². The Balaban J connectivity index is 2.46. The largest absolute Gasteiger partial charge is 0.439 e. The van der Waals surface area contributed by atoms with Gasteiger partial charge in [0.05, 0.1) is 12.3 Å². The lowest BCUT2D eigenvalue weighted by molar-refractivity contribution is 0.0633. The predicted molar refractivity (Wildman–Crippen MR) is 79.9 cm³/mol.